The lowest BCUT2D eigenvalue weighted by atomic mass is 10.1. The Morgan fingerprint density at radius 1 is 1.40 bits per heavy atom. The van der Waals surface area contributed by atoms with Crippen LogP contribution in [0.1, 0.15) is 38.1 Å². The molecule has 0 radical (unpaired) electrons. The Hall–Kier alpha value is -1.53. The molecule has 4 heteroatoms. The maximum Gasteiger partial charge on any atom is 0.111 e. The van der Waals surface area contributed by atoms with Crippen molar-refractivity contribution in [1.82, 2.24) is 9.55 Å². The number of nitriles is 1. The normalized spacial score (nSPS) is 11.2. The lowest BCUT2D eigenvalue weighted by Crippen LogP contribution is -2.05. The van der Waals surface area contributed by atoms with Gasteiger partial charge in [0.05, 0.1) is 11.1 Å². The molecular weight excluding hydrogens is 270 g/mol. The van der Waals surface area contributed by atoms with Crippen molar-refractivity contribution in [3.8, 4) is 6.07 Å². The molecule has 0 N–H and O–H groups in total. The van der Waals surface area contributed by atoms with Crippen molar-refractivity contribution in [3.05, 3.63) is 29.6 Å². The number of nitrogens with zero attached hydrogens (tertiary/aromatic N) is 3. The van der Waals surface area contributed by atoms with Gasteiger partial charge in [-0.25, -0.2) is 4.98 Å². The number of rotatable bonds is 6. The smallest absolute Gasteiger partial charge is 0.111 e. The van der Waals surface area contributed by atoms with Gasteiger partial charge < -0.3 is 4.57 Å². The fraction of sp³-hybridized carbons (Fsp3) is 0.500. The highest BCUT2D eigenvalue weighted by atomic mass is 35.5. The molecule has 0 saturated heterocycles. The SMILES string of the molecule is CC(C)CCCn1c(CCCl)nc2c(C#N)cccc21. The molecule has 0 atom stereocenters. The van der Waals surface area contributed by atoms with Crippen LogP contribution in [-0.2, 0) is 13.0 Å². The molecule has 1 heterocycles. The molecule has 0 bridgehead atoms. The summed E-state index contributed by atoms with van der Waals surface area (Å²) < 4.78 is 2.22. The van der Waals surface area contributed by atoms with E-state index in [0.717, 1.165) is 36.2 Å². The van der Waals surface area contributed by atoms with Gasteiger partial charge in [-0.15, -0.1) is 11.6 Å². The fourth-order valence-electron chi connectivity index (χ4n) is 2.47. The van der Waals surface area contributed by atoms with Crippen LogP contribution in [0.2, 0.25) is 0 Å². The minimum Gasteiger partial charge on any atom is -0.328 e. The predicted molar refractivity (Wildman–Crippen MR) is 82.9 cm³/mol. The molecule has 0 unspecified atom stereocenters. The van der Waals surface area contributed by atoms with Crippen molar-refractivity contribution in [2.75, 3.05) is 5.88 Å². The van der Waals surface area contributed by atoms with Crippen molar-refractivity contribution < 1.29 is 0 Å². The zero-order chi connectivity index (χ0) is 14.5. The number of imidazole rings is 1. The van der Waals surface area contributed by atoms with Gasteiger partial charge in [0, 0.05) is 18.8 Å². The van der Waals surface area contributed by atoms with Gasteiger partial charge in [0.15, 0.2) is 0 Å². The Morgan fingerprint density at radius 2 is 2.20 bits per heavy atom. The first kappa shape index (κ1) is 14.9. The van der Waals surface area contributed by atoms with Crippen LogP contribution < -0.4 is 0 Å². The van der Waals surface area contributed by atoms with E-state index in [2.05, 4.69) is 29.5 Å². The molecular formula is C16H20ClN3. The monoisotopic (exact) mass is 289 g/mol. The summed E-state index contributed by atoms with van der Waals surface area (Å²) in [4.78, 5) is 4.63. The Kier molecular flexibility index (Phi) is 5.03. The number of benzene rings is 1. The van der Waals surface area contributed by atoms with Crippen LogP contribution in [-0.4, -0.2) is 15.4 Å². The quantitative estimate of drug-likeness (QED) is 0.751. The molecule has 0 saturated carbocycles. The summed E-state index contributed by atoms with van der Waals surface area (Å²) in [6.45, 7) is 5.41. The van der Waals surface area contributed by atoms with Gasteiger partial charge in [0.25, 0.3) is 0 Å². The number of para-hydroxylation sites is 1. The largest absolute Gasteiger partial charge is 0.328 e. The second kappa shape index (κ2) is 6.76. The Morgan fingerprint density at radius 3 is 2.85 bits per heavy atom. The van der Waals surface area contributed by atoms with E-state index >= 15 is 0 Å². The summed E-state index contributed by atoms with van der Waals surface area (Å²) in [7, 11) is 0. The van der Waals surface area contributed by atoms with Crippen LogP contribution in [0.25, 0.3) is 11.0 Å². The van der Waals surface area contributed by atoms with E-state index in [1.807, 2.05) is 18.2 Å². The van der Waals surface area contributed by atoms with Crippen molar-refractivity contribution in [2.45, 2.75) is 39.7 Å². The summed E-state index contributed by atoms with van der Waals surface area (Å²) >= 11 is 5.88. The molecule has 1 aromatic carbocycles. The van der Waals surface area contributed by atoms with Crippen molar-refractivity contribution in [1.29, 1.82) is 5.26 Å². The number of fused-ring (bicyclic) bond motifs is 1. The van der Waals surface area contributed by atoms with E-state index in [1.165, 1.54) is 6.42 Å². The number of hydrogen-bond donors (Lipinski definition) is 0. The standard InChI is InChI=1S/C16H20ClN3/c1-12(2)5-4-10-20-14-7-3-6-13(11-18)16(14)19-15(20)8-9-17/h3,6-7,12H,4-5,8-10H2,1-2H3. The maximum atomic E-state index is 9.19. The van der Waals surface area contributed by atoms with Crippen molar-refractivity contribution in [3.63, 3.8) is 0 Å². The molecule has 1 aromatic heterocycles. The molecule has 0 aliphatic rings. The first-order valence-corrected chi connectivity index (χ1v) is 7.65. The molecule has 0 aliphatic heterocycles. The van der Waals surface area contributed by atoms with Crippen LogP contribution in [0.4, 0.5) is 0 Å². The van der Waals surface area contributed by atoms with E-state index in [4.69, 9.17) is 11.6 Å². The van der Waals surface area contributed by atoms with E-state index in [0.29, 0.717) is 17.4 Å². The lowest BCUT2D eigenvalue weighted by Gasteiger charge is -2.09. The van der Waals surface area contributed by atoms with Crippen molar-refractivity contribution in [2.24, 2.45) is 5.92 Å². The zero-order valence-electron chi connectivity index (χ0n) is 12.1. The Balaban J connectivity index is 2.39. The number of aryl methyl sites for hydroxylation is 2. The van der Waals surface area contributed by atoms with E-state index in [1.54, 1.807) is 0 Å². The summed E-state index contributed by atoms with van der Waals surface area (Å²) in [5.41, 5.74) is 2.49. The first-order valence-electron chi connectivity index (χ1n) is 7.11. The van der Waals surface area contributed by atoms with E-state index < -0.39 is 0 Å². The number of halogens is 1. The van der Waals surface area contributed by atoms with Gasteiger partial charge in [-0.05, 0) is 30.9 Å². The minimum absolute atomic E-state index is 0.551. The van der Waals surface area contributed by atoms with Gasteiger partial charge in [-0.3, -0.25) is 0 Å². The Labute approximate surface area is 125 Å². The molecule has 2 rings (SSSR count). The highest BCUT2D eigenvalue weighted by molar-refractivity contribution is 6.17. The highest BCUT2D eigenvalue weighted by Gasteiger charge is 2.13. The third-order valence-corrected chi connectivity index (χ3v) is 3.65. The van der Waals surface area contributed by atoms with Gasteiger partial charge in [0.2, 0.25) is 0 Å². The van der Waals surface area contributed by atoms with Gasteiger partial charge in [-0.1, -0.05) is 19.9 Å². The first-order chi connectivity index (χ1) is 9.67. The van der Waals surface area contributed by atoms with Crippen LogP contribution in [0, 0.1) is 17.2 Å². The van der Waals surface area contributed by atoms with Gasteiger partial charge in [0.1, 0.15) is 17.4 Å². The molecule has 20 heavy (non-hydrogen) atoms. The second-order valence-electron chi connectivity index (χ2n) is 5.44. The molecule has 3 nitrogen and oxygen atoms in total. The number of hydrogen-bond acceptors (Lipinski definition) is 2. The van der Waals surface area contributed by atoms with Gasteiger partial charge >= 0.3 is 0 Å². The number of aromatic nitrogens is 2. The lowest BCUT2D eigenvalue weighted by molar-refractivity contribution is 0.510. The fourth-order valence-corrected chi connectivity index (χ4v) is 2.64. The Bertz CT molecular complexity index is 622. The average molecular weight is 290 g/mol. The number of alkyl halides is 1. The third kappa shape index (κ3) is 3.13. The minimum atomic E-state index is 0.551. The average Bonchev–Trinajstić information content (AvgIpc) is 2.77. The van der Waals surface area contributed by atoms with Crippen LogP contribution in [0.15, 0.2) is 18.2 Å². The zero-order valence-corrected chi connectivity index (χ0v) is 12.8. The molecule has 106 valence electrons. The van der Waals surface area contributed by atoms with Gasteiger partial charge in [-0.2, -0.15) is 5.26 Å². The summed E-state index contributed by atoms with van der Waals surface area (Å²) in [6.07, 6.45) is 3.05. The van der Waals surface area contributed by atoms with E-state index in [9.17, 15) is 5.26 Å². The molecule has 0 spiro atoms. The summed E-state index contributed by atoms with van der Waals surface area (Å²) in [6, 6.07) is 8.00. The molecule has 0 amide bonds. The second-order valence-corrected chi connectivity index (χ2v) is 5.82. The van der Waals surface area contributed by atoms with Crippen molar-refractivity contribution >= 4 is 22.6 Å². The van der Waals surface area contributed by atoms with Crippen LogP contribution in [0.5, 0.6) is 0 Å². The third-order valence-electron chi connectivity index (χ3n) is 3.46. The summed E-state index contributed by atoms with van der Waals surface area (Å²) in [5, 5.41) is 9.19. The molecule has 0 fully saturated rings. The highest BCUT2D eigenvalue weighted by Crippen LogP contribution is 2.21. The van der Waals surface area contributed by atoms with Crippen LogP contribution >= 0.6 is 11.6 Å². The summed E-state index contributed by atoms with van der Waals surface area (Å²) in [5.74, 6) is 2.24. The molecule has 0 aliphatic carbocycles. The van der Waals surface area contributed by atoms with E-state index in [-0.39, 0.29) is 0 Å². The molecule has 2 aromatic rings. The van der Waals surface area contributed by atoms with Crippen LogP contribution in [0.3, 0.4) is 0 Å². The maximum absolute atomic E-state index is 9.19. The predicted octanol–water partition coefficient (Wildman–Crippen LogP) is 4.13. The topological polar surface area (TPSA) is 41.6 Å².